The monoisotopic (exact) mass is 348 g/mol. The Hall–Kier alpha value is -2.88. The van der Waals surface area contributed by atoms with E-state index < -0.39 is 0 Å². The number of hydrogen-bond donors (Lipinski definition) is 0. The van der Waals surface area contributed by atoms with Gasteiger partial charge in [0.1, 0.15) is 5.76 Å². The Morgan fingerprint density at radius 3 is 2.46 bits per heavy atom. The first-order chi connectivity index (χ1) is 12.7. The van der Waals surface area contributed by atoms with Crippen molar-refractivity contribution in [2.24, 2.45) is 0 Å². The molecule has 0 saturated heterocycles. The smallest absolute Gasteiger partial charge is 0.223 e. The van der Waals surface area contributed by atoms with E-state index in [4.69, 9.17) is 4.42 Å². The van der Waals surface area contributed by atoms with E-state index >= 15 is 0 Å². The van der Waals surface area contributed by atoms with Gasteiger partial charge in [0.15, 0.2) is 0 Å². The summed E-state index contributed by atoms with van der Waals surface area (Å²) < 4.78 is 5.43. The fourth-order valence-corrected chi connectivity index (χ4v) is 2.89. The topological polar surface area (TPSA) is 46.3 Å². The van der Waals surface area contributed by atoms with E-state index in [-0.39, 0.29) is 5.91 Å². The maximum absolute atomic E-state index is 12.8. The number of hydrogen-bond acceptors (Lipinski definition) is 3. The van der Waals surface area contributed by atoms with Gasteiger partial charge in [0.2, 0.25) is 5.91 Å². The largest absolute Gasteiger partial charge is 0.467 e. The SMILES string of the molecule is CCc1ccc(CCC(=O)N(Cc2cccnc2)Cc2ccco2)cc1. The van der Waals surface area contributed by atoms with Crippen molar-refractivity contribution in [2.45, 2.75) is 39.3 Å². The van der Waals surface area contributed by atoms with Gasteiger partial charge in [-0.2, -0.15) is 0 Å². The van der Waals surface area contributed by atoms with E-state index in [1.807, 2.05) is 29.2 Å². The normalized spacial score (nSPS) is 10.7. The number of carbonyl (C=O) groups is 1. The molecule has 0 bridgehead atoms. The van der Waals surface area contributed by atoms with Gasteiger partial charge in [-0.05, 0) is 47.7 Å². The molecule has 0 fully saturated rings. The second-order valence-corrected chi connectivity index (χ2v) is 6.36. The highest BCUT2D eigenvalue weighted by atomic mass is 16.3. The van der Waals surface area contributed by atoms with Crippen molar-refractivity contribution < 1.29 is 9.21 Å². The number of benzene rings is 1. The minimum atomic E-state index is 0.116. The lowest BCUT2D eigenvalue weighted by molar-refractivity contribution is -0.132. The average molecular weight is 348 g/mol. The Morgan fingerprint density at radius 1 is 1.00 bits per heavy atom. The predicted molar refractivity (Wildman–Crippen MR) is 101 cm³/mol. The minimum absolute atomic E-state index is 0.116. The summed E-state index contributed by atoms with van der Waals surface area (Å²) in [4.78, 5) is 18.8. The molecule has 0 spiro atoms. The number of carbonyl (C=O) groups excluding carboxylic acids is 1. The standard InChI is InChI=1S/C22H24N2O2/c1-2-18-7-9-19(10-8-18)11-12-22(25)24(17-21-6-4-14-26-21)16-20-5-3-13-23-15-20/h3-10,13-15H,2,11-12,16-17H2,1H3. The Balaban J connectivity index is 1.65. The lowest BCUT2D eigenvalue weighted by atomic mass is 10.1. The number of rotatable bonds is 8. The molecule has 4 nitrogen and oxygen atoms in total. The highest BCUT2D eigenvalue weighted by Crippen LogP contribution is 2.14. The van der Waals surface area contributed by atoms with Gasteiger partial charge in [-0.1, -0.05) is 37.3 Å². The van der Waals surface area contributed by atoms with Crippen molar-refractivity contribution in [1.29, 1.82) is 0 Å². The van der Waals surface area contributed by atoms with Crippen LogP contribution >= 0.6 is 0 Å². The van der Waals surface area contributed by atoms with Crippen molar-refractivity contribution in [3.8, 4) is 0 Å². The van der Waals surface area contributed by atoms with E-state index in [2.05, 4.69) is 36.2 Å². The maximum Gasteiger partial charge on any atom is 0.223 e. The molecule has 0 aliphatic rings. The highest BCUT2D eigenvalue weighted by Gasteiger charge is 2.16. The first-order valence-corrected chi connectivity index (χ1v) is 9.01. The zero-order chi connectivity index (χ0) is 18.2. The third-order valence-corrected chi connectivity index (χ3v) is 4.43. The molecule has 0 aliphatic heterocycles. The van der Waals surface area contributed by atoms with Gasteiger partial charge in [0.05, 0.1) is 12.8 Å². The molecule has 3 aromatic rings. The zero-order valence-electron chi connectivity index (χ0n) is 15.1. The van der Waals surface area contributed by atoms with Crippen LogP contribution in [-0.2, 0) is 30.7 Å². The number of pyridine rings is 1. The van der Waals surface area contributed by atoms with Gasteiger partial charge in [-0.15, -0.1) is 0 Å². The van der Waals surface area contributed by atoms with Crippen LogP contribution in [0.3, 0.4) is 0 Å². The first-order valence-electron chi connectivity index (χ1n) is 9.01. The Bertz CT molecular complexity index is 796. The van der Waals surface area contributed by atoms with Crippen molar-refractivity contribution in [1.82, 2.24) is 9.88 Å². The molecular weight excluding hydrogens is 324 g/mol. The molecule has 0 N–H and O–H groups in total. The predicted octanol–water partition coefficient (Wildman–Crippen LogP) is 4.40. The lowest BCUT2D eigenvalue weighted by Gasteiger charge is -2.22. The fraction of sp³-hybridized carbons (Fsp3) is 0.273. The van der Waals surface area contributed by atoms with E-state index in [0.717, 1.165) is 24.2 Å². The molecule has 0 saturated carbocycles. The third-order valence-electron chi connectivity index (χ3n) is 4.43. The maximum atomic E-state index is 12.8. The summed E-state index contributed by atoms with van der Waals surface area (Å²) in [5.74, 6) is 0.902. The molecule has 4 heteroatoms. The third kappa shape index (κ3) is 5.06. The van der Waals surface area contributed by atoms with Crippen LogP contribution in [0.5, 0.6) is 0 Å². The molecule has 3 rings (SSSR count). The number of nitrogens with zero attached hydrogens (tertiary/aromatic N) is 2. The van der Waals surface area contributed by atoms with Crippen molar-refractivity contribution in [2.75, 3.05) is 0 Å². The van der Waals surface area contributed by atoms with Crippen molar-refractivity contribution in [3.05, 3.63) is 89.6 Å². The van der Waals surface area contributed by atoms with Crippen LogP contribution in [0, 0.1) is 0 Å². The Kier molecular flexibility index (Phi) is 6.20. The van der Waals surface area contributed by atoms with Crippen LogP contribution < -0.4 is 0 Å². The van der Waals surface area contributed by atoms with Gasteiger partial charge in [-0.25, -0.2) is 0 Å². The highest BCUT2D eigenvalue weighted by molar-refractivity contribution is 5.76. The number of amides is 1. The van der Waals surface area contributed by atoms with Crippen molar-refractivity contribution >= 4 is 5.91 Å². The zero-order valence-corrected chi connectivity index (χ0v) is 15.1. The Labute approximate surface area is 154 Å². The minimum Gasteiger partial charge on any atom is -0.467 e. The number of furan rings is 1. The van der Waals surface area contributed by atoms with Crippen LogP contribution in [-0.4, -0.2) is 15.8 Å². The van der Waals surface area contributed by atoms with Crippen LogP contribution in [0.2, 0.25) is 0 Å². The quantitative estimate of drug-likeness (QED) is 0.606. The lowest BCUT2D eigenvalue weighted by Crippen LogP contribution is -2.30. The van der Waals surface area contributed by atoms with Crippen LogP contribution in [0.15, 0.2) is 71.6 Å². The molecule has 0 atom stereocenters. The van der Waals surface area contributed by atoms with Crippen molar-refractivity contribution in [3.63, 3.8) is 0 Å². The molecule has 0 aliphatic carbocycles. The molecule has 1 aromatic carbocycles. The Morgan fingerprint density at radius 2 is 1.81 bits per heavy atom. The summed E-state index contributed by atoms with van der Waals surface area (Å²) in [6.45, 7) is 3.14. The van der Waals surface area contributed by atoms with Gasteiger partial charge >= 0.3 is 0 Å². The molecule has 2 aromatic heterocycles. The average Bonchev–Trinajstić information content (AvgIpc) is 3.20. The van der Waals surface area contributed by atoms with Crippen LogP contribution in [0.25, 0.3) is 0 Å². The van der Waals surface area contributed by atoms with E-state index in [1.54, 1.807) is 18.7 Å². The summed E-state index contributed by atoms with van der Waals surface area (Å²) in [6.07, 6.45) is 7.42. The van der Waals surface area contributed by atoms with Crippen LogP contribution in [0.1, 0.15) is 35.8 Å². The second-order valence-electron chi connectivity index (χ2n) is 6.36. The second kappa shape index (κ2) is 8.99. The molecule has 2 heterocycles. The van der Waals surface area contributed by atoms with Gasteiger partial charge in [-0.3, -0.25) is 9.78 Å². The van der Waals surface area contributed by atoms with Gasteiger partial charge < -0.3 is 9.32 Å². The fourth-order valence-electron chi connectivity index (χ4n) is 2.89. The van der Waals surface area contributed by atoms with E-state index in [9.17, 15) is 4.79 Å². The molecule has 1 amide bonds. The summed E-state index contributed by atoms with van der Waals surface area (Å²) in [6, 6.07) is 16.1. The number of aryl methyl sites for hydroxylation is 2. The van der Waals surface area contributed by atoms with Gasteiger partial charge in [0, 0.05) is 25.4 Å². The molecule has 134 valence electrons. The van der Waals surface area contributed by atoms with Crippen LogP contribution in [0.4, 0.5) is 0 Å². The number of aromatic nitrogens is 1. The van der Waals surface area contributed by atoms with Gasteiger partial charge in [0.25, 0.3) is 0 Å². The van der Waals surface area contributed by atoms with E-state index in [1.165, 1.54) is 11.1 Å². The first kappa shape index (κ1) is 17.9. The summed E-state index contributed by atoms with van der Waals surface area (Å²) in [5.41, 5.74) is 3.52. The summed E-state index contributed by atoms with van der Waals surface area (Å²) in [7, 11) is 0. The molecule has 0 radical (unpaired) electrons. The van der Waals surface area contributed by atoms with E-state index in [0.29, 0.717) is 19.5 Å². The summed E-state index contributed by atoms with van der Waals surface area (Å²) >= 11 is 0. The molecule has 0 unspecified atom stereocenters. The summed E-state index contributed by atoms with van der Waals surface area (Å²) in [5, 5.41) is 0. The molecule has 26 heavy (non-hydrogen) atoms. The molecular formula is C22H24N2O2.